The molecule has 76 valence electrons. The molecule has 0 heterocycles. The maximum absolute atomic E-state index is 12.9. The molecular formula is C12H15FO. The number of aliphatic hydroxyl groups is 1. The maximum Gasteiger partial charge on any atom is 0.123 e. The molecule has 0 radical (unpaired) electrons. The monoisotopic (exact) mass is 194 g/mol. The van der Waals surface area contributed by atoms with Gasteiger partial charge in [0.1, 0.15) is 5.82 Å². The van der Waals surface area contributed by atoms with Crippen molar-refractivity contribution in [3.63, 3.8) is 0 Å². The number of hydrogen-bond acceptors (Lipinski definition) is 1. The molecular weight excluding hydrogens is 179 g/mol. The van der Waals surface area contributed by atoms with Gasteiger partial charge in [0.15, 0.2) is 0 Å². The SMILES string of the molecule is CC1(C)CC1C(O)c1cccc(F)c1. The van der Waals surface area contributed by atoms with Gasteiger partial charge in [-0.15, -0.1) is 0 Å². The van der Waals surface area contributed by atoms with Gasteiger partial charge in [0.05, 0.1) is 6.10 Å². The van der Waals surface area contributed by atoms with Crippen LogP contribution in [0.5, 0.6) is 0 Å². The fourth-order valence-electron chi connectivity index (χ4n) is 1.97. The van der Waals surface area contributed by atoms with Crippen LogP contribution in [0.4, 0.5) is 4.39 Å². The van der Waals surface area contributed by atoms with Gasteiger partial charge >= 0.3 is 0 Å². The molecule has 1 saturated carbocycles. The van der Waals surface area contributed by atoms with Gasteiger partial charge in [0.25, 0.3) is 0 Å². The molecule has 0 saturated heterocycles. The number of benzene rings is 1. The summed E-state index contributed by atoms with van der Waals surface area (Å²) in [5, 5.41) is 9.95. The van der Waals surface area contributed by atoms with E-state index in [-0.39, 0.29) is 17.2 Å². The Balaban J connectivity index is 2.16. The highest BCUT2D eigenvalue weighted by Crippen LogP contribution is 2.57. The summed E-state index contributed by atoms with van der Waals surface area (Å²) >= 11 is 0. The van der Waals surface area contributed by atoms with Crippen LogP contribution in [0, 0.1) is 17.2 Å². The van der Waals surface area contributed by atoms with Crippen LogP contribution in [0.1, 0.15) is 31.9 Å². The van der Waals surface area contributed by atoms with E-state index in [2.05, 4.69) is 13.8 Å². The average Bonchev–Trinajstić information content (AvgIpc) is 2.74. The summed E-state index contributed by atoms with van der Waals surface area (Å²) in [6.07, 6.45) is 0.505. The molecule has 2 unspecified atom stereocenters. The summed E-state index contributed by atoms with van der Waals surface area (Å²) in [7, 11) is 0. The quantitative estimate of drug-likeness (QED) is 0.767. The van der Waals surface area contributed by atoms with Crippen molar-refractivity contribution in [2.45, 2.75) is 26.4 Å². The van der Waals surface area contributed by atoms with Crippen LogP contribution in [0.3, 0.4) is 0 Å². The molecule has 1 aliphatic carbocycles. The van der Waals surface area contributed by atoms with Gasteiger partial charge < -0.3 is 5.11 Å². The van der Waals surface area contributed by atoms with E-state index in [9.17, 15) is 9.50 Å². The van der Waals surface area contributed by atoms with Gasteiger partial charge in [-0.05, 0) is 35.4 Å². The Morgan fingerprint density at radius 3 is 2.64 bits per heavy atom. The third-order valence-corrected chi connectivity index (χ3v) is 3.16. The maximum atomic E-state index is 12.9. The highest BCUT2D eigenvalue weighted by Gasteiger charge is 2.50. The summed E-state index contributed by atoms with van der Waals surface area (Å²) in [6, 6.07) is 6.23. The number of rotatable bonds is 2. The standard InChI is InChI=1S/C12H15FO/c1-12(2)7-10(12)11(14)8-4-3-5-9(13)6-8/h3-6,10-11,14H,7H2,1-2H3. The first kappa shape index (κ1) is 9.66. The fraction of sp³-hybridized carbons (Fsp3) is 0.500. The van der Waals surface area contributed by atoms with E-state index in [0.717, 1.165) is 6.42 Å². The van der Waals surface area contributed by atoms with Crippen molar-refractivity contribution >= 4 is 0 Å². The van der Waals surface area contributed by atoms with Gasteiger partial charge in [-0.1, -0.05) is 26.0 Å². The molecule has 1 fully saturated rings. The lowest BCUT2D eigenvalue weighted by atomic mass is 10.00. The molecule has 0 aliphatic heterocycles. The first-order valence-electron chi connectivity index (χ1n) is 4.94. The zero-order valence-electron chi connectivity index (χ0n) is 8.50. The van der Waals surface area contributed by atoms with Crippen molar-refractivity contribution in [3.05, 3.63) is 35.6 Å². The van der Waals surface area contributed by atoms with E-state index >= 15 is 0 Å². The van der Waals surface area contributed by atoms with Gasteiger partial charge in [-0.3, -0.25) is 0 Å². The summed E-state index contributed by atoms with van der Waals surface area (Å²) in [5.74, 6) is 0.00399. The number of aliphatic hydroxyl groups excluding tert-OH is 1. The molecule has 1 nitrogen and oxygen atoms in total. The summed E-state index contributed by atoms with van der Waals surface area (Å²) in [4.78, 5) is 0. The third kappa shape index (κ3) is 1.67. The van der Waals surface area contributed by atoms with Gasteiger partial charge in [-0.25, -0.2) is 4.39 Å². The van der Waals surface area contributed by atoms with Crippen LogP contribution >= 0.6 is 0 Å². The Morgan fingerprint density at radius 1 is 1.50 bits per heavy atom. The third-order valence-electron chi connectivity index (χ3n) is 3.16. The van der Waals surface area contributed by atoms with Crippen LogP contribution in [0.15, 0.2) is 24.3 Å². The van der Waals surface area contributed by atoms with Crippen molar-refractivity contribution in [2.24, 2.45) is 11.3 Å². The van der Waals surface area contributed by atoms with Crippen LogP contribution in [-0.2, 0) is 0 Å². The smallest absolute Gasteiger partial charge is 0.123 e. The molecule has 1 N–H and O–H groups in total. The normalized spacial score (nSPS) is 25.9. The predicted octanol–water partition coefficient (Wildman–Crippen LogP) is 2.91. The molecule has 0 amide bonds. The second-order valence-corrected chi connectivity index (χ2v) is 4.80. The first-order chi connectivity index (χ1) is 6.50. The molecule has 1 aromatic carbocycles. The minimum atomic E-state index is -0.513. The average molecular weight is 194 g/mol. The summed E-state index contributed by atoms with van der Waals surface area (Å²) in [6.45, 7) is 4.25. The van der Waals surface area contributed by atoms with Gasteiger partial charge in [0.2, 0.25) is 0 Å². The highest BCUT2D eigenvalue weighted by molar-refractivity contribution is 5.22. The molecule has 0 spiro atoms. The van der Waals surface area contributed by atoms with Gasteiger partial charge in [-0.2, -0.15) is 0 Å². The van der Waals surface area contributed by atoms with Crippen molar-refractivity contribution in [3.8, 4) is 0 Å². The lowest BCUT2D eigenvalue weighted by Gasteiger charge is -2.12. The molecule has 0 bridgehead atoms. The topological polar surface area (TPSA) is 20.2 Å². The number of halogens is 1. The molecule has 2 atom stereocenters. The van der Waals surface area contributed by atoms with Crippen LogP contribution in [0.2, 0.25) is 0 Å². The fourth-order valence-corrected chi connectivity index (χ4v) is 1.97. The minimum absolute atomic E-state index is 0.214. The molecule has 2 rings (SSSR count). The second-order valence-electron chi connectivity index (χ2n) is 4.80. The highest BCUT2D eigenvalue weighted by atomic mass is 19.1. The van der Waals surface area contributed by atoms with Crippen molar-refractivity contribution in [1.29, 1.82) is 0 Å². The zero-order chi connectivity index (χ0) is 10.3. The van der Waals surface area contributed by atoms with Crippen molar-refractivity contribution in [2.75, 3.05) is 0 Å². The minimum Gasteiger partial charge on any atom is -0.388 e. The lowest BCUT2D eigenvalue weighted by molar-refractivity contribution is 0.138. The second kappa shape index (κ2) is 3.06. The van der Waals surface area contributed by atoms with E-state index in [1.54, 1.807) is 12.1 Å². The molecule has 2 heteroatoms. The Bertz CT molecular complexity index is 346. The molecule has 14 heavy (non-hydrogen) atoms. The van der Waals surface area contributed by atoms with E-state index < -0.39 is 6.10 Å². The largest absolute Gasteiger partial charge is 0.388 e. The molecule has 1 aromatic rings. The molecule has 0 aromatic heterocycles. The Kier molecular flexibility index (Phi) is 2.11. The van der Waals surface area contributed by atoms with Crippen LogP contribution in [0.25, 0.3) is 0 Å². The van der Waals surface area contributed by atoms with E-state index in [4.69, 9.17) is 0 Å². The first-order valence-corrected chi connectivity index (χ1v) is 4.94. The van der Waals surface area contributed by atoms with E-state index in [1.807, 2.05) is 0 Å². The summed E-state index contributed by atoms with van der Waals surface area (Å²) < 4.78 is 12.9. The lowest BCUT2D eigenvalue weighted by Crippen LogP contribution is -2.04. The van der Waals surface area contributed by atoms with E-state index in [1.165, 1.54) is 12.1 Å². The zero-order valence-corrected chi connectivity index (χ0v) is 8.50. The Morgan fingerprint density at radius 2 is 2.14 bits per heavy atom. The predicted molar refractivity (Wildman–Crippen MR) is 53.2 cm³/mol. The van der Waals surface area contributed by atoms with Gasteiger partial charge in [0, 0.05) is 0 Å². The Labute approximate surface area is 83.6 Å². The van der Waals surface area contributed by atoms with E-state index in [0.29, 0.717) is 5.56 Å². The van der Waals surface area contributed by atoms with Crippen LogP contribution < -0.4 is 0 Å². The number of hydrogen-bond donors (Lipinski definition) is 1. The molecule has 1 aliphatic rings. The van der Waals surface area contributed by atoms with Crippen molar-refractivity contribution < 1.29 is 9.50 Å². The Hall–Kier alpha value is -0.890. The summed E-state index contributed by atoms with van der Waals surface area (Å²) in [5.41, 5.74) is 0.909. The van der Waals surface area contributed by atoms with Crippen molar-refractivity contribution in [1.82, 2.24) is 0 Å². The van der Waals surface area contributed by atoms with Crippen LogP contribution in [-0.4, -0.2) is 5.11 Å².